The maximum Gasteiger partial charge on any atom is 0.291 e. The van der Waals surface area contributed by atoms with Crippen molar-refractivity contribution in [3.05, 3.63) is 75.4 Å². The molecule has 0 atom stereocenters. The molecule has 168 valence electrons. The van der Waals surface area contributed by atoms with E-state index in [1.165, 1.54) is 12.3 Å². The Hall–Kier alpha value is -3.28. The summed E-state index contributed by atoms with van der Waals surface area (Å²) in [6.07, 6.45) is 3.24. The van der Waals surface area contributed by atoms with E-state index < -0.39 is 28.0 Å². The second kappa shape index (κ2) is 9.90. The number of rotatable bonds is 8. The number of amides is 1. The van der Waals surface area contributed by atoms with Gasteiger partial charge in [-0.3, -0.25) is 14.6 Å². The molecule has 0 aliphatic carbocycles. The smallest absolute Gasteiger partial charge is 0.291 e. The van der Waals surface area contributed by atoms with Crippen LogP contribution in [0.2, 0.25) is 5.02 Å². The maximum atomic E-state index is 12.8. The topological polar surface area (TPSA) is 149 Å². The standard InChI is InChI=1S/C20H21ClN6O4S/c1-13-5-6-15(26-18(28)12-27-20(29)19(22)16(21)11-24-27)10-17(13)32(30,31)25-9-7-14-4-2-3-8-23-14/h2-6,8,10-11,25H,7,9,12,22H2,1H3,(H,26,28). The molecule has 12 heteroatoms. The molecule has 0 bridgehead atoms. The van der Waals surface area contributed by atoms with Gasteiger partial charge in [-0.2, -0.15) is 5.10 Å². The number of carbonyl (C=O) groups excluding carboxylic acids is 1. The third-order valence-electron chi connectivity index (χ3n) is 4.49. The van der Waals surface area contributed by atoms with Crippen molar-refractivity contribution in [3.8, 4) is 0 Å². The highest BCUT2D eigenvalue weighted by Gasteiger charge is 2.18. The second-order valence-electron chi connectivity index (χ2n) is 6.87. The van der Waals surface area contributed by atoms with E-state index >= 15 is 0 Å². The van der Waals surface area contributed by atoms with E-state index in [2.05, 4.69) is 20.1 Å². The lowest BCUT2D eigenvalue weighted by Crippen LogP contribution is -2.31. The van der Waals surface area contributed by atoms with Gasteiger partial charge in [-0.25, -0.2) is 17.8 Å². The molecule has 0 saturated heterocycles. The van der Waals surface area contributed by atoms with E-state index in [1.807, 2.05) is 12.1 Å². The zero-order valence-corrected chi connectivity index (χ0v) is 18.7. The number of hydrogen-bond acceptors (Lipinski definition) is 7. The van der Waals surface area contributed by atoms with Crippen LogP contribution in [0, 0.1) is 6.92 Å². The second-order valence-corrected chi connectivity index (χ2v) is 9.01. The molecule has 0 radical (unpaired) electrons. The lowest BCUT2D eigenvalue weighted by atomic mass is 10.2. The molecule has 3 aromatic rings. The largest absolute Gasteiger partial charge is 0.393 e. The van der Waals surface area contributed by atoms with E-state index in [-0.39, 0.29) is 27.8 Å². The fourth-order valence-corrected chi connectivity index (χ4v) is 4.26. The first-order valence-electron chi connectivity index (χ1n) is 9.48. The summed E-state index contributed by atoms with van der Waals surface area (Å²) in [4.78, 5) is 28.6. The summed E-state index contributed by atoms with van der Waals surface area (Å²) in [5.74, 6) is -0.586. The Labute approximate surface area is 189 Å². The molecule has 0 unspecified atom stereocenters. The Morgan fingerprint density at radius 2 is 2.03 bits per heavy atom. The summed E-state index contributed by atoms with van der Waals surface area (Å²) in [6, 6.07) is 9.91. The first-order valence-corrected chi connectivity index (χ1v) is 11.3. The molecule has 2 aromatic heterocycles. The minimum Gasteiger partial charge on any atom is -0.393 e. The van der Waals surface area contributed by atoms with Crippen molar-refractivity contribution in [2.45, 2.75) is 24.8 Å². The molecular weight excluding hydrogens is 456 g/mol. The average Bonchev–Trinajstić information content (AvgIpc) is 2.76. The summed E-state index contributed by atoms with van der Waals surface area (Å²) >= 11 is 5.73. The van der Waals surface area contributed by atoms with Gasteiger partial charge < -0.3 is 11.1 Å². The Kier molecular flexibility index (Phi) is 7.23. The van der Waals surface area contributed by atoms with Crippen molar-refractivity contribution in [1.29, 1.82) is 0 Å². The van der Waals surface area contributed by atoms with E-state index in [1.54, 1.807) is 31.3 Å². The SMILES string of the molecule is Cc1ccc(NC(=O)Cn2ncc(Cl)c(N)c2=O)cc1S(=O)(=O)NCCc1ccccn1. The van der Waals surface area contributed by atoms with E-state index in [9.17, 15) is 18.0 Å². The van der Waals surface area contributed by atoms with Crippen LogP contribution in [0.1, 0.15) is 11.3 Å². The molecule has 0 aliphatic heterocycles. The van der Waals surface area contributed by atoms with E-state index in [4.69, 9.17) is 17.3 Å². The number of nitrogen functional groups attached to an aromatic ring is 1. The number of halogens is 1. The number of nitrogens with two attached hydrogens (primary N) is 1. The Bertz CT molecular complexity index is 1300. The van der Waals surface area contributed by atoms with Gasteiger partial charge in [-0.1, -0.05) is 23.7 Å². The molecule has 4 N–H and O–H groups in total. The van der Waals surface area contributed by atoms with Crippen LogP contribution in [0.3, 0.4) is 0 Å². The Morgan fingerprint density at radius 3 is 2.75 bits per heavy atom. The van der Waals surface area contributed by atoms with Gasteiger partial charge in [-0.15, -0.1) is 0 Å². The van der Waals surface area contributed by atoms with Gasteiger partial charge >= 0.3 is 0 Å². The highest BCUT2D eigenvalue weighted by Crippen LogP contribution is 2.20. The van der Waals surface area contributed by atoms with Crippen molar-refractivity contribution < 1.29 is 13.2 Å². The zero-order chi connectivity index (χ0) is 23.3. The van der Waals surface area contributed by atoms with Crippen LogP contribution in [0.15, 0.2) is 58.5 Å². The van der Waals surface area contributed by atoms with Crippen molar-refractivity contribution in [2.75, 3.05) is 17.6 Å². The number of sulfonamides is 1. The number of hydrogen-bond donors (Lipinski definition) is 3. The number of aryl methyl sites for hydroxylation is 1. The zero-order valence-electron chi connectivity index (χ0n) is 17.1. The van der Waals surface area contributed by atoms with Gasteiger partial charge in [0.2, 0.25) is 15.9 Å². The van der Waals surface area contributed by atoms with Gasteiger partial charge in [0.25, 0.3) is 5.56 Å². The minimum atomic E-state index is -3.82. The molecule has 10 nitrogen and oxygen atoms in total. The number of benzene rings is 1. The monoisotopic (exact) mass is 476 g/mol. The molecule has 2 heterocycles. The van der Waals surface area contributed by atoms with Gasteiger partial charge in [0.15, 0.2) is 0 Å². The minimum absolute atomic E-state index is 0.00409. The molecule has 1 amide bonds. The molecule has 3 rings (SSSR count). The van der Waals surface area contributed by atoms with Crippen molar-refractivity contribution in [2.24, 2.45) is 0 Å². The number of anilines is 2. The van der Waals surface area contributed by atoms with E-state index in [0.29, 0.717) is 12.0 Å². The van der Waals surface area contributed by atoms with Gasteiger partial charge in [0.05, 0.1) is 16.1 Å². The van der Waals surface area contributed by atoms with Crippen molar-refractivity contribution in [3.63, 3.8) is 0 Å². The third kappa shape index (κ3) is 5.69. The summed E-state index contributed by atoms with van der Waals surface area (Å²) in [5, 5.41) is 6.32. The Morgan fingerprint density at radius 1 is 1.25 bits per heavy atom. The fraction of sp³-hybridized carbons (Fsp3) is 0.200. The van der Waals surface area contributed by atoms with Crippen LogP contribution in [-0.2, 0) is 27.8 Å². The molecule has 1 aromatic carbocycles. The summed E-state index contributed by atoms with van der Waals surface area (Å²) in [6.45, 7) is 1.40. The predicted molar refractivity (Wildman–Crippen MR) is 121 cm³/mol. The van der Waals surface area contributed by atoms with Crippen LogP contribution in [0.25, 0.3) is 0 Å². The van der Waals surface area contributed by atoms with Gasteiger partial charge in [-0.05, 0) is 36.8 Å². The lowest BCUT2D eigenvalue weighted by molar-refractivity contribution is -0.117. The fourth-order valence-electron chi connectivity index (χ4n) is 2.84. The first-order chi connectivity index (χ1) is 15.2. The van der Waals surface area contributed by atoms with Crippen molar-refractivity contribution >= 4 is 38.9 Å². The highest BCUT2D eigenvalue weighted by molar-refractivity contribution is 7.89. The average molecular weight is 477 g/mol. The van der Waals surface area contributed by atoms with Crippen LogP contribution in [-0.4, -0.2) is 35.6 Å². The highest BCUT2D eigenvalue weighted by atomic mass is 35.5. The van der Waals surface area contributed by atoms with Crippen LogP contribution in [0.4, 0.5) is 11.4 Å². The van der Waals surface area contributed by atoms with Crippen LogP contribution < -0.4 is 21.3 Å². The first kappa shape index (κ1) is 23.4. The third-order valence-corrected chi connectivity index (χ3v) is 6.39. The number of nitrogens with one attached hydrogen (secondary N) is 2. The lowest BCUT2D eigenvalue weighted by Gasteiger charge is -2.12. The molecular formula is C20H21ClN6O4S. The molecule has 0 saturated carbocycles. The summed E-state index contributed by atoms with van der Waals surface area (Å²) in [5.41, 5.74) is 6.17. The quantitative estimate of drug-likeness (QED) is 0.444. The summed E-state index contributed by atoms with van der Waals surface area (Å²) in [7, 11) is -3.82. The Balaban J connectivity index is 1.70. The number of pyridine rings is 1. The van der Waals surface area contributed by atoms with Crippen LogP contribution >= 0.6 is 11.6 Å². The number of aromatic nitrogens is 3. The predicted octanol–water partition coefficient (Wildman–Crippen LogP) is 1.34. The molecule has 0 spiro atoms. The van der Waals surface area contributed by atoms with Gasteiger partial charge in [0.1, 0.15) is 12.2 Å². The van der Waals surface area contributed by atoms with Crippen molar-refractivity contribution in [1.82, 2.24) is 19.5 Å². The number of carbonyl (C=O) groups is 1. The van der Waals surface area contributed by atoms with Gasteiger partial charge in [0, 0.05) is 30.5 Å². The number of nitrogens with zero attached hydrogens (tertiary/aromatic N) is 3. The molecule has 32 heavy (non-hydrogen) atoms. The van der Waals surface area contributed by atoms with Crippen LogP contribution in [0.5, 0.6) is 0 Å². The molecule has 0 fully saturated rings. The summed E-state index contributed by atoms with van der Waals surface area (Å²) < 4.78 is 28.9. The maximum absolute atomic E-state index is 12.8. The normalized spacial score (nSPS) is 11.3. The van der Waals surface area contributed by atoms with E-state index in [0.717, 1.165) is 10.4 Å². The molecule has 0 aliphatic rings.